The predicted octanol–water partition coefficient (Wildman–Crippen LogP) is -1.45. The Bertz CT molecular complexity index is 834. The molecule has 0 aromatic carbocycles. The fraction of sp³-hybridized carbons (Fsp3) is 0.571. The van der Waals surface area contributed by atoms with Crippen molar-refractivity contribution in [2.24, 2.45) is 0 Å². The molecule has 0 bridgehead atoms. The molecule has 5 unspecified atom stereocenters. The summed E-state index contributed by atoms with van der Waals surface area (Å²) >= 11 is 3.10. The maximum absolute atomic E-state index is 12.1. The summed E-state index contributed by atoms with van der Waals surface area (Å²) in [5.74, 6) is -2.80. The Morgan fingerprint density at radius 2 is 2.00 bits per heavy atom. The average Bonchev–Trinajstić information content (AvgIpc) is 2.74. The monoisotopic (exact) mass is 436 g/mol. The van der Waals surface area contributed by atoms with Gasteiger partial charge in [-0.1, -0.05) is 15.9 Å². The van der Waals surface area contributed by atoms with Crippen LogP contribution in [0, 0.1) is 6.92 Å². The number of aliphatic carboxylic acids is 2. The predicted molar refractivity (Wildman–Crippen MR) is 88.1 cm³/mol. The van der Waals surface area contributed by atoms with Gasteiger partial charge in [0, 0.05) is 11.8 Å². The van der Waals surface area contributed by atoms with Crippen molar-refractivity contribution >= 4 is 27.9 Å². The van der Waals surface area contributed by atoms with Crippen LogP contribution in [0.4, 0.5) is 0 Å². The van der Waals surface area contributed by atoms with Crippen LogP contribution in [0.2, 0.25) is 0 Å². The zero-order chi connectivity index (χ0) is 19.8. The molecule has 1 fully saturated rings. The highest BCUT2D eigenvalue weighted by atomic mass is 79.9. The van der Waals surface area contributed by atoms with E-state index in [1.807, 2.05) is 4.98 Å². The van der Waals surface area contributed by atoms with Gasteiger partial charge < -0.3 is 25.2 Å². The summed E-state index contributed by atoms with van der Waals surface area (Å²) in [5.41, 5.74) is -3.56. The Hall–Kier alpha value is -2.02. The highest BCUT2D eigenvalue weighted by Gasteiger charge is 2.59. The van der Waals surface area contributed by atoms with E-state index in [9.17, 15) is 29.4 Å². The van der Waals surface area contributed by atoms with Crippen molar-refractivity contribution in [2.45, 2.75) is 48.6 Å². The summed E-state index contributed by atoms with van der Waals surface area (Å²) in [5, 5.41) is 38.8. The molecule has 0 saturated carbocycles. The molecule has 2 heterocycles. The highest BCUT2D eigenvalue weighted by Crippen LogP contribution is 2.45. The second-order valence-electron chi connectivity index (χ2n) is 6.05. The van der Waals surface area contributed by atoms with Crippen LogP contribution < -0.4 is 11.2 Å². The summed E-state index contributed by atoms with van der Waals surface area (Å²) in [6.45, 7) is 1.42. The second kappa shape index (κ2) is 7.31. The fourth-order valence-corrected chi connectivity index (χ4v) is 3.67. The molecule has 5 atom stereocenters. The van der Waals surface area contributed by atoms with E-state index < -0.39 is 64.9 Å². The normalized spacial score (nSPS) is 29.5. The lowest BCUT2D eigenvalue weighted by Crippen LogP contribution is -2.52. The second-order valence-corrected chi connectivity index (χ2v) is 7.04. The number of hydrogen-bond acceptors (Lipinski definition) is 7. The molecule has 11 nitrogen and oxygen atoms in total. The van der Waals surface area contributed by atoms with E-state index >= 15 is 0 Å². The molecule has 1 aromatic heterocycles. The molecule has 5 N–H and O–H groups in total. The van der Waals surface area contributed by atoms with E-state index in [0.717, 1.165) is 10.8 Å². The van der Waals surface area contributed by atoms with Crippen LogP contribution in [-0.4, -0.2) is 64.6 Å². The van der Waals surface area contributed by atoms with E-state index in [4.69, 9.17) is 14.9 Å². The van der Waals surface area contributed by atoms with E-state index in [1.165, 1.54) is 6.92 Å². The Balaban J connectivity index is 2.50. The summed E-state index contributed by atoms with van der Waals surface area (Å²) < 4.78 is 6.41. The van der Waals surface area contributed by atoms with Crippen molar-refractivity contribution in [1.82, 2.24) is 9.55 Å². The van der Waals surface area contributed by atoms with Crippen LogP contribution in [0.15, 0.2) is 15.8 Å². The largest absolute Gasteiger partial charge is 0.481 e. The van der Waals surface area contributed by atoms with Crippen LogP contribution >= 0.6 is 15.9 Å². The number of carbonyl (C=O) groups is 2. The number of hydrogen-bond donors (Lipinski definition) is 5. The summed E-state index contributed by atoms with van der Waals surface area (Å²) in [7, 11) is 0. The maximum atomic E-state index is 12.1. The van der Waals surface area contributed by atoms with E-state index in [-0.39, 0.29) is 5.56 Å². The molecule has 0 aliphatic carbocycles. The number of aromatic amines is 1. The smallest absolute Gasteiger partial charge is 0.330 e. The van der Waals surface area contributed by atoms with Gasteiger partial charge in [-0.3, -0.25) is 23.9 Å². The van der Waals surface area contributed by atoms with Gasteiger partial charge in [-0.2, -0.15) is 0 Å². The molecular formula is C14H17BrN2O9. The standard InChI is InChI=1S/C14H17BrN2O9/c1-5-4-17(13(24)16-11(5)23)12-9(15)14(25,3-8(21)22)10(26-12)6(18)2-7(19)20/h4,6,9-10,12,18,25H,2-3H2,1H3,(H,19,20)(H,21,22)(H,16,23,24). The average molecular weight is 437 g/mol. The fourth-order valence-electron chi connectivity index (χ4n) is 2.87. The van der Waals surface area contributed by atoms with Crippen molar-refractivity contribution in [1.29, 1.82) is 0 Å². The molecule has 144 valence electrons. The first-order valence-corrected chi connectivity index (χ1v) is 8.34. The first-order valence-electron chi connectivity index (χ1n) is 7.43. The number of alkyl halides is 1. The third kappa shape index (κ3) is 3.72. The van der Waals surface area contributed by atoms with Gasteiger partial charge in [-0.25, -0.2) is 4.79 Å². The lowest BCUT2D eigenvalue weighted by atomic mass is 9.87. The number of aryl methyl sites for hydroxylation is 1. The Morgan fingerprint density at radius 1 is 1.38 bits per heavy atom. The van der Waals surface area contributed by atoms with Gasteiger partial charge in [-0.15, -0.1) is 0 Å². The molecule has 1 aliphatic rings. The molecule has 0 radical (unpaired) electrons. The quantitative estimate of drug-likeness (QED) is 0.333. The molecule has 1 saturated heterocycles. The number of ether oxygens (including phenoxy) is 1. The number of H-pyrrole nitrogens is 1. The van der Waals surface area contributed by atoms with Crippen LogP contribution in [0.5, 0.6) is 0 Å². The number of nitrogens with zero attached hydrogens (tertiary/aromatic N) is 1. The molecule has 1 aromatic rings. The van der Waals surface area contributed by atoms with Crippen molar-refractivity contribution < 1.29 is 34.8 Å². The van der Waals surface area contributed by atoms with Gasteiger partial charge in [0.15, 0.2) is 6.23 Å². The van der Waals surface area contributed by atoms with Gasteiger partial charge >= 0.3 is 17.6 Å². The molecule has 1 aliphatic heterocycles. The van der Waals surface area contributed by atoms with Crippen LogP contribution in [0.3, 0.4) is 0 Å². The molecule has 2 rings (SSSR count). The highest BCUT2D eigenvalue weighted by molar-refractivity contribution is 9.09. The van der Waals surface area contributed by atoms with Crippen molar-refractivity contribution in [3.8, 4) is 0 Å². The van der Waals surface area contributed by atoms with Crippen LogP contribution in [-0.2, 0) is 14.3 Å². The number of aliphatic hydroxyl groups excluding tert-OH is 1. The van der Waals surface area contributed by atoms with Gasteiger partial charge in [0.05, 0.1) is 23.8 Å². The van der Waals surface area contributed by atoms with Gasteiger partial charge in [0.25, 0.3) is 5.56 Å². The van der Waals surface area contributed by atoms with Crippen molar-refractivity contribution in [3.05, 3.63) is 32.6 Å². The number of carboxylic acid groups (broad SMARTS) is 2. The summed E-state index contributed by atoms with van der Waals surface area (Å²) in [4.78, 5) is 46.4. The lowest BCUT2D eigenvalue weighted by molar-refractivity contribution is -0.156. The number of halogens is 1. The first kappa shape index (κ1) is 20.3. The third-order valence-corrected chi connectivity index (χ3v) is 5.34. The van der Waals surface area contributed by atoms with Gasteiger partial charge in [0.2, 0.25) is 0 Å². The molecule has 26 heavy (non-hydrogen) atoms. The van der Waals surface area contributed by atoms with E-state index in [1.54, 1.807) is 0 Å². The summed E-state index contributed by atoms with van der Waals surface area (Å²) in [6, 6.07) is 0. The number of nitrogens with one attached hydrogen (secondary N) is 1. The van der Waals surface area contributed by atoms with Crippen molar-refractivity contribution in [3.63, 3.8) is 0 Å². The SMILES string of the molecule is Cc1cn(C2OC(C(O)CC(=O)O)C(O)(CC(=O)O)C2Br)c(=O)[nH]c1=O. The molecule has 0 spiro atoms. The number of aromatic nitrogens is 2. The molecule has 12 heteroatoms. The minimum Gasteiger partial charge on any atom is -0.481 e. The Kier molecular flexibility index (Phi) is 5.70. The Labute approximate surface area is 154 Å². The first-order chi connectivity index (χ1) is 12.0. The number of carboxylic acids is 2. The minimum absolute atomic E-state index is 0.157. The van der Waals surface area contributed by atoms with Gasteiger partial charge in [0.1, 0.15) is 11.7 Å². The maximum Gasteiger partial charge on any atom is 0.330 e. The zero-order valence-electron chi connectivity index (χ0n) is 13.5. The Morgan fingerprint density at radius 3 is 2.54 bits per heavy atom. The zero-order valence-corrected chi connectivity index (χ0v) is 15.0. The van der Waals surface area contributed by atoms with Crippen LogP contribution in [0.25, 0.3) is 0 Å². The molecular weight excluding hydrogens is 420 g/mol. The van der Waals surface area contributed by atoms with Crippen LogP contribution in [0.1, 0.15) is 24.6 Å². The third-order valence-electron chi connectivity index (χ3n) is 4.09. The van der Waals surface area contributed by atoms with E-state index in [0.29, 0.717) is 0 Å². The van der Waals surface area contributed by atoms with E-state index in [2.05, 4.69) is 15.9 Å². The van der Waals surface area contributed by atoms with Crippen molar-refractivity contribution in [2.75, 3.05) is 0 Å². The van der Waals surface area contributed by atoms with Gasteiger partial charge in [-0.05, 0) is 6.92 Å². The minimum atomic E-state index is -2.21. The molecule has 0 amide bonds. The topological polar surface area (TPSA) is 179 Å². The number of aliphatic hydroxyl groups is 2. The lowest BCUT2D eigenvalue weighted by Gasteiger charge is -2.31. The summed E-state index contributed by atoms with van der Waals surface area (Å²) in [6.07, 6.45) is -5.16. The number of rotatable bonds is 6.